The van der Waals surface area contributed by atoms with Crippen LogP contribution in [0.1, 0.15) is 5.76 Å². The largest absolute Gasteiger partial charge is 0.481 e. The first kappa shape index (κ1) is 10.7. The highest BCUT2D eigenvalue weighted by Gasteiger charge is 2.28. The smallest absolute Gasteiger partial charge is 0.265 e. The minimum atomic E-state index is -0.128. The van der Waals surface area contributed by atoms with Crippen molar-refractivity contribution in [2.45, 2.75) is 6.54 Å². The van der Waals surface area contributed by atoms with Crippen LogP contribution in [-0.2, 0) is 11.3 Å². The highest BCUT2D eigenvalue weighted by atomic mass is 16.5. The van der Waals surface area contributed by atoms with Gasteiger partial charge in [0.1, 0.15) is 17.2 Å². The molecule has 0 atom stereocenters. The first-order chi connectivity index (χ1) is 8.75. The van der Waals surface area contributed by atoms with E-state index in [-0.39, 0.29) is 12.5 Å². The van der Waals surface area contributed by atoms with Crippen LogP contribution in [0.3, 0.4) is 0 Å². The summed E-state index contributed by atoms with van der Waals surface area (Å²) in [4.78, 5) is 13.5. The van der Waals surface area contributed by atoms with Gasteiger partial charge in [-0.15, -0.1) is 0 Å². The third-order valence-corrected chi connectivity index (χ3v) is 2.85. The van der Waals surface area contributed by atoms with Crippen LogP contribution < -0.4 is 15.4 Å². The number of nitrogen functional groups attached to an aromatic ring is 1. The molecule has 0 unspecified atom stereocenters. The van der Waals surface area contributed by atoms with Gasteiger partial charge >= 0.3 is 0 Å². The van der Waals surface area contributed by atoms with Crippen LogP contribution >= 0.6 is 0 Å². The first-order valence-electron chi connectivity index (χ1n) is 5.60. The van der Waals surface area contributed by atoms with Crippen LogP contribution in [-0.4, -0.2) is 12.5 Å². The topological polar surface area (TPSA) is 68.7 Å². The quantitative estimate of drug-likeness (QED) is 0.818. The summed E-state index contributed by atoms with van der Waals surface area (Å²) >= 11 is 0. The molecule has 0 saturated heterocycles. The predicted molar refractivity (Wildman–Crippen MR) is 66.2 cm³/mol. The Bertz CT molecular complexity index is 578. The molecule has 0 saturated carbocycles. The second-order valence-corrected chi connectivity index (χ2v) is 4.04. The van der Waals surface area contributed by atoms with Crippen LogP contribution in [0.4, 0.5) is 11.4 Å². The van der Waals surface area contributed by atoms with E-state index in [0.29, 0.717) is 29.4 Å². The fourth-order valence-electron chi connectivity index (χ4n) is 2.01. The molecule has 2 N–H and O–H groups in total. The molecule has 2 aromatic rings. The van der Waals surface area contributed by atoms with Crippen molar-refractivity contribution in [3.05, 3.63) is 42.4 Å². The maximum Gasteiger partial charge on any atom is 0.265 e. The number of furan rings is 1. The third kappa shape index (κ3) is 1.69. The number of fused-ring (bicyclic) bond motifs is 1. The molecule has 5 nitrogen and oxygen atoms in total. The van der Waals surface area contributed by atoms with Gasteiger partial charge in [-0.3, -0.25) is 9.69 Å². The number of benzene rings is 1. The molecular weight excluding hydrogens is 232 g/mol. The number of rotatable bonds is 2. The standard InChI is InChI=1S/C13H12N2O3/c14-10-4-1-5-11-13(10)15(12(16)8-18-11)7-9-3-2-6-17-9/h1-6H,7-8,14H2. The number of hydrogen-bond donors (Lipinski definition) is 1. The zero-order valence-corrected chi connectivity index (χ0v) is 9.63. The molecule has 0 spiro atoms. The average molecular weight is 244 g/mol. The van der Waals surface area contributed by atoms with Gasteiger partial charge in [-0.1, -0.05) is 6.07 Å². The van der Waals surface area contributed by atoms with Crippen LogP contribution in [0.5, 0.6) is 5.75 Å². The molecule has 92 valence electrons. The molecule has 0 radical (unpaired) electrons. The number of nitrogens with zero attached hydrogens (tertiary/aromatic N) is 1. The summed E-state index contributed by atoms with van der Waals surface area (Å²) in [5.74, 6) is 1.21. The molecule has 3 rings (SSSR count). The number of nitrogens with two attached hydrogens (primary N) is 1. The number of para-hydroxylation sites is 1. The number of hydrogen-bond acceptors (Lipinski definition) is 4. The molecule has 0 fully saturated rings. The average Bonchev–Trinajstić information content (AvgIpc) is 2.86. The minimum Gasteiger partial charge on any atom is -0.481 e. The number of carbonyl (C=O) groups is 1. The van der Waals surface area contributed by atoms with Crippen molar-refractivity contribution >= 4 is 17.3 Å². The van der Waals surface area contributed by atoms with Crippen molar-refractivity contribution in [1.29, 1.82) is 0 Å². The molecule has 5 heteroatoms. The highest BCUT2D eigenvalue weighted by molar-refractivity contribution is 6.00. The fraction of sp³-hybridized carbons (Fsp3) is 0.154. The van der Waals surface area contributed by atoms with Gasteiger partial charge in [0.2, 0.25) is 0 Å². The molecule has 1 aromatic carbocycles. The first-order valence-corrected chi connectivity index (χ1v) is 5.60. The van der Waals surface area contributed by atoms with Gasteiger partial charge < -0.3 is 14.9 Å². The lowest BCUT2D eigenvalue weighted by Gasteiger charge is -2.29. The molecule has 1 aliphatic rings. The summed E-state index contributed by atoms with van der Waals surface area (Å²) in [7, 11) is 0. The number of carbonyl (C=O) groups excluding carboxylic acids is 1. The summed E-state index contributed by atoms with van der Waals surface area (Å²) < 4.78 is 10.6. The molecular formula is C13H12N2O3. The van der Waals surface area contributed by atoms with E-state index >= 15 is 0 Å². The Morgan fingerprint density at radius 3 is 2.94 bits per heavy atom. The maximum atomic E-state index is 11.9. The molecule has 1 aliphatic heterocycles. The van der Waals surface area contributed by atoms with Crippen molar-refractivity contribution < 1.29 is 13.9 Å². The number of ether oxygens (including phenoxy) is 1. The van der Waals surface area contributed by atoms with Crippen molar-refractivity contribution in [3.8, 4) is 5.75 Å². The van der Waals surface area contributed by atoms with E-state index in [1.54, 1.807) is 35.4 Å². The van der Waals surface area contributed by atoms with E-state index in [0.717, 1.165) is 0 Å². The van der Waals surface area contributed by atoms with Gasteiger partial charge in [0.15, 0.2) is 6.61 Å². The normalized spacial score (nSPS) is 14.2. The van der Waals surface area contributed by atoms with Gasteiger partial charge in [0, 0.05) is 0 Å². The Morgan fingerprint density at radius 1 is 1.28 bits per heavy atom. The monoisotopic (exact) mass is 244 g/mol. The Balaban J connectivity index is 2.01. The Morgan fingerprint density at radius 2 is 2.17 bits per heavy atom. The molecule has 0 aliphatic carbocycles. The van der Waals surface area contributed by atoms with Crippen LogP contribution in [0.2, 0.25) is 0 Å². The van der Waals surface area contributed by atoms with Gasteiger partial charge in [-0.05, 0) is 24.3 Å². The zero-order valence-electron chi connectivity index (χ0n) is 9.63. The molecule has 0 bridgehead atoms. The van der Waals surface area contributed by atoms with Crippen LogP contribution in [0.15, 0.2) is 41.0 Å². The summed E-state index contributed by atoms with van der Waals surface area (Å²) in [6.45, 7) is 0.383. The second-order valence-electron chi connectivity index (χ2n) is 4.04. The van der Waals surface area contributed by atoms with Gasteiger partial charge in [0.05, 0.1) is 18.5 Å². The van der Waals surface area contributed by atoms with Crippen molar-refractivity contribution in [2.75, 3.05) is 17.2 Å². The molecule has 2 heterocycles. The fourth-order valence-corrected chi connectivity index (χ4v) is 2.01. The lowest BCUT2D eigenvalue weighted by molar-refractivity contribution is -0.121. The van der Waals surface area contributed by atoms with E-state index in [4.69, 9.17) is 14.9 Å². The summed E-state index contributed by atoms with van der Waals surface area (Å²) in [5, 5.41) is 0. The van der Waals surface area contributed by atoms with Crippen LogP contribution in [0, 0.1) is 0 Å². The van der Waals surface area contributed by atoms with Crippen molar-refractivity contribution in [1.82, 2.24) is 0 Å². The SMILES string of the molecule is Nc1cccc2c1N(Cc1ccco1)C(=O)CO2. The lowest BCUT2D eigenvalue weighted by atomic mass is 10.2. The second kappa shape index (κ2) is 4.10. The van der Waals surface area contributed by atoms with Gasteiger partial charge in [-0.2, -0.15) is 0 Å². The Hall–Kier alpha value is -2.43. The molecule has 1 aromatic heterocycles. The van der Waals surface area contributed by atoms with Crippen LogP contribution in [0.25, 0.3) is 0 Å². The molecule has 18 heavy (non-hydrogen) atoms. The number of amides is 1. The van der Waals surface area contributed by atoms with E-state index in [1.807, 2.05) is 6.07 Å². The van der Waals surface area contributed by atoms with Gasteiger partial charge in [0.25, 0.3) is 5.91 Å². The van der Waals surface area contributed by atoms with Crippen molar-refractivity contribution in [2.24, 2.45) is 0 Å². The van der Waals surface area contributed by atoms with E-state index in [9.17, 15) is 4.79 Å². The summed E-state index contributed by atoms with van der Waals surface area (Å²) in [6, 6.07) is 8.95. The Labute approximate surface area is 104 Å². The van der Waals surface area contributed by atoms with E-state index < -0.39 is 0 Å². The summed E-state index contributed by atoms with van der Waals surface area (Å²) in [6.07, 6.45) is 1.58. The maximum absolute atomic E-state index is 11.9. The zero-order chi connectivity index (χ0) is 12.5. The van der Waals surface area contributed by atoms with Crippen molar-refractivity contribution in [3.63, 3.8) is 0 Å². The minimum absolute atomic E-state index is 0.0250. The summed E-state index contributed by atoms with van der Waals surface area (Å²) in [5.41, 5.74) is 7.05. The van der Waals surface area contributed by atoms with Gasteiger partial charge in [-0.25, -0.2) is 0 Å². The van der Waals surface area contributed by atoms with E-state index in [1.165, 1.54) is 0 Å². The number of anilines is 2. The molecule has 1 amide bonds. The Kier molecular flexibility index (Phi) is 2.44. The third-order valence-electron chi connectivity index (χ3n) is 2.85. The highest BCUT2D eigenvalue weighted by Crippen LogP contribution is 2.37. The van der Waals surface area contributed by atoms with E-state index in [2.05, 4.69) is 0 Å². The lowest BCUT2D eigenvalue weighted by Crippen LogP contribution is -2.38. The predicted octanol–water partition coefficient (Wildman–Crippen LogP) is 1.79.